The molecule has 4 rings (SSSR count). The maximum atomic E-state index is 12.6. The number of hydrogen-bond donors (Lipinski definition) is 1. The molecule has 0 fully saturated rings. The van der Waals surface area contributed by atoms with Gasteiger partial charge in [-0.2, -0.15) is 0 Å². The number of amides is 1. The normalized spacial score (nSPS) is 16.3. The van der Waals surface area contributed by atoms with Crippen LogP contribution in [0.5, 0.6) is 11.5 Å². The smallest absolute Gasteiger partial charge is 0.251 e. The van der Waals surface area contributed by atoms with Crippen LogP contribution in [0.3, 0.4) is 0 Å². The second-order valence-electron chi connectivity index (χ2n) is 6.11. The van der Waals surface area contributed by atoms with Gasteiger partial charge in [0.2, 0.25) is 0 Å². The van der Waals surface area contributed by atoms with Crippen LogP contribution in [0, 0.1) is 0 Å². The Morgan fingerprint density at radius 3 is 2.81 bits per heavy atom. The van der Waals surface area contributed by atoms with Crippen molar-refractivity contribution in [2.24, 2.45) is 0 Å². The maximum absolute atomic E-state index is 12.6. The molecular formula is C21H22ClNO3. The number of carbonyl (C=O) groups is 1. The van der Waals surface area contributed by atoms with Gasteiger partial charge >= 0.3 is 0 Å². The van der Waals surface area contributed by atoms with Crippen LogP contribution < -0.4 is 14.8 Å². The number of ether oxygens (including phenoxy) is 2. The molecule has 0 atom stereocenters. The molecule has 5 heteroatoms. The first-order valence-electron chi connectivity index (χ1n) is 8.68. The summed E-state index contributed by atoms with van der Waals surface area (Å²) in [7, 11) is 1.63. The first kappa shape index (κ1) is 18.3. The van der Waals surface area contributed by atoms with Crippen molar-refractivity contribution in [2.75, 3.05) is 20.3 Å². The number of halogens is 1. The van der Waals surface area contributed by atoms with Crippen LogP contribution in [-0.4, -0.2) is 26.2 Å². The molecule has 1 amide bonds. The van der Waals surface area contributed by atoms with Crippen molar-refractivity contribution in [1.29, 1.82) is 0 Å². The van der Waals surface area contributed by atoms with Crippen LogP contribution in [0.2, 0.25) is 5.02 Å². The van der Waals surface area contributed by atoms with Gasteiger partial charge in [-0.25, -0.2) is 0 Å². The van der Waals surface area contributed by atoms with Crippen LogP contribution in [-0.2, 0) is 12.8 Å². The summed E-state index contributed by atoms with van der Waals surface area (Å²) in [6, 6.07) is 11.3. The molecule has 0 saturated carbocycles. The molecule has 2 aliphatic heterocycles. The van der Waals surface area contributed by atoms with Gasteiger partial charge in [-0.05, 0) is 60.7 Å². The van der Waals surface area contributed by atoms with Gasteiger partial charge in [-0.1, -0.05) is 29.8 Å². The van der Waals surface area contributed by atoms with E-state index in [0.717, 1.165) is 29.7 Å². The predicted octanol–water partition coefficient (Wildman–Crippen LogP) is 4.20. The third-order valence-corrected chi connectivity index (χ3v) is 4.63. The van der Waals surface area contributed by atoms with E-state index in [1.54, 1.807) is 7.11 Å². The lowest BCUT2D eigenvalue weighted by Gasteiger charge is -2.13. The molecule has 2 aromatic carbocycles. The van der Waals surface area contributed by atoms with Crippen LogP contribution in [0.4, 0.5) is 0 Å². The molecule has 1 N–H and O–H groups in total. The van der Waals surface area contributed by atoms with Crippen molar-refractivity contribution in [3.05, 3.63) is 70.3 Å². The minimum atomic E-state index is -0.0650. The topological polar surface area (TPSA) is 47.6 Å². The molecule has 0 radical (unpaired) electrons. The van der Waals surface area contributed by atoms with Gasteiger partial charge in [0, 0.05) is 12.1 Å². The zero-order valence-corrected chi connectivity index (χ0v) is 15.5. The molecule has 26 heavy (non-hydrogen) atoms. The van der Waals surface area contributed by atoms with Gasteiger partial charge in [0.25, 0.3) is 5.91 Å². The lowest BCUT2D eigenvalue weighted by Crippen LogP contribution is -2.26. The van der Waals surface area contributed by atoms with Crippen LogP contribution >= 0.6 is 11.6 Å². The van der Waals surface area contributed by atoms with Gasteiger partial charge in [-0.3, -0.25) is 4.79 Å². The summed E-state index contributed by atoms with van der Waals surface area (Å²) >= 11 is 6.27. The van der Waals surface area contributed by atoms with E-state index in [4.69, 9.17) is 21.1 Å². The first-order valence-corrected chi connectivity index (χ1v) is 9.06. The first-order chi connectivity index (χ1) is 12.7. The van der Waals surface area contributed by atoms with Crippen LogP contribution in [0.15, 0.2) is 48.6 Å². The summed E-state index contributed by atoms with van der Waals surface area (Å²) in [5, 5.41) is 3.58. The van der Waals surface area contributed by atoms with E-state index in [2.05, 4.69) is 11.4 Å². The van der Waals surface area contributed by atoms with E-state index >= 15 is 0 Å². The summed E-state index contributed by atoms with van der Waals surface area (Å²) in [4.78, 5) is 12.6. The highest BCUT2D eigenvalue weighted by Gasteiger charge is 2.12. The Bertz CT molecular complexity index is 817. The zero-order valence-electron chi connectivity index (χ0n) is 14.8. The monoisotopic (exact) mass is 371 g/mol. The molecule has 0 aliphatic carbocycles. The number of fused-ring (bicyclic) bond motifs is 9. The van der Waals surface area contributed by atoms with Crippen LogP contribution in [0.1, 0.15) is 27.9 Å². The number of rotatable bonds is 1. The van der Waals surface area contributed by atoms with E-state index in [1.165, 1.54) is 0 Å². The Hall–Kier alpha value is -2.46. The summed E-state index contributed by atoms with van der Waals surface area (Å²) < 4.78 is 11.0. The number of aryl methyl sites for hydroxylation is 1. The highest BCUT2D eigenvalue weighted by Crippen LogP contribution is 2.26. The van der Waals surface area contributed by atoms with Gasteiger partial charge in [0.1, 0.15) is 18.1 Å². The average molecular weight is 372 g/mol. The van der Waals surface area contributed by atoms with Crippen molar-refractivity contribution in [3.8, 4) is 11.5 Å². The summed E-state index contributed by atoms with van der Waals surface area (Å²) in [6.07, 6.45) is 6.29. The van der Waals surface area contributed by atoms with Crippen molar-refractivity contribution in [1.82, 2.24) is 5.32 Å². The van der Waals surface area contributed by atoms with Gasteiger partial charge in [0.05, 0.1) is 12.1 Å². The fraction of sp³-hybridized carbons (Fsp3) is 0.286. The van der Waals surface area contributed by atoms with Crippen molar-refractivity contribution >= 4 is 17.5 Å². The molecule has 2 aromatic rings. The molecule has 0 saturated heterocycles. The molecular weight excluding hydrogens is 350 g/mol. The molecule has 0 aromatic heterocycles. The second-order valence-corrected chi connectivity index (χ2v) is 6.52. The summed E-state index contributed by atoms with van der Waals surface area (Å²) in [5.41, 5.74) is 2.72. The summed E-state index contributed by atoms with van der Waals surface area (Å²) in [5.74, 6) is 1.36. The zero-order chi connectivity index (χ0) is 18.4. The second kappa shape index (κ2) is 8.77. The average Bonchev–Trinajstić information content (AvgIpc) is 2.64. The fourth-order valence-electron chi connectivity index (χ4n) is 2.92. The minimum absolute atomic E-state index is 0.0650. The molecule has 2 aliphatic rings. The fourth-order valence-corrected chi connectivity index (χ4v) is 3.18. The number of hydrogen-bond acceptors (Lipinski definition) is 3. The number of allylic oxidation sites excluding steroid dienone is 1. The molecule has 0 unspecified atom stereocenters. The van der Waals surface area contributed by atoms with Crippen molar-refractivity contribution in [3.63, 3.8) is 0 Å². The molecule has 2 bridgehead atoms. The number of benzene rings is 2. The molecule has 2 heterocycles. The molecule has 136 valence electrons. The van der Waals surface area contributed by atoms with Gasteiger partial charge in [-0.15, -0.1) is 0 Å². The number of nitrogens with one attached hydrogen (secondary N) is 1. The van der Waals surface area contributed by atoms with Crippen LogP contribution in [0.25, 0.3) is 0 Å². The van der Waals surface area contributed by atoms with Crippen molar-refractivity contribution in [2.45, 2.75) is 19.3 Å². The SMILES string of the molecule is COc1ccc2c(c1)CC/C=C/COc1ccc(cc1Cl)CCNC2=O. The standard InChI is InChI=1S/C21H22ClNO3/c1-25-17-7-8-18-16(14-17)5-3-2-4-12-26-20-9-6-15(13-19(20)22)10-11-23-21(18)24/h2,4,6-9,13-14H,3,5,10-12H2,1H3,(H,23,24)/b4-2+. The predicted molar refractivity (Wildman–Crippen MR) is 103 cm³/mol. The third kappa shape index (κ3) is 4.58. The van der Waals surface area contributed by atoms with E-state index < -0.39 is 0 Å². The molecule has 4 nitrogen and oxygen atoms in total. The highest BCUT2D eigenvalue weighted by molar-refractivity contribution is 6.32. The highest BCUT2D eigenvalue weighted by atomic mass is 35.5. The summed E-state index contributed by atoms with van der Waals surface area (Å²) in [6.45, 7) is 1.01. The minimum Gasteiger partial charge on any atom is -0.497 e. The van der Waals surface area contributed by atoms with E-state index in [0.29, 0.717) is 35.9 Å². The Kier molecular flexibility index (Phi) is 6.18. The Morgan fingerprint density at radius 2 is 2.00 bits per heavy atom. The van der Waals surface area contributed by atoms with Crippen molar-refractivity contribution < 1.29 is 14.3 Å². The Morgan fingerprint density at radius 1 is 1.12 bits per heavy atom. The Labute approximate surface area is 158 Å². The quantitative estimate of drug-likeness (QED) is 0.764. The largest absolute Gasteiger partial charge is 0.497 e. The van der Waals surface area contributed by atoms with E-state index in [-0.39, 0.29) is 5.91 Å². The Balaban J connectivity index is 1.84. The number of carbonyl (C=O) groups excluding carboxylic acids is 1. The maximum Gasteiger partial charge on any atom is 0.251 e. The van der Waals surface area contributed by atoms with Gasteiger partial charge < -0.3 is 14.8 Å². The third-order valence-electron chi connectivity index (χ3n) is 4.33. The lowest BCUT2D eigenvalue weighted by molar-refractivity contribution is 0.0953. The van der Waals surface area contributed by atoms with E-state index in [1.807, 2.05) is 42.5 Å². The van der Waals surface area contributed by atoms with E-state index in [9.17, 15) is 4.79 Å². The lowest BCUT2D eigenvalue weighted by atomic mass is 10.0. The number of methoxy groups -OCH3 is 1. The van der Waals surface area contributed by atoms with Gasteiger partial charge in [0.15, 0.2) is 0 Å². The molecule has 0 spiro atoms.